The first kappa shape index (κ1) is 42.0. The molecule has 3 amide bonds. The summed E-state index contributed by atoms with van der Waals surface area (Å²) in [4.78, 5) is 39.9. The zero-order valence-corrected chi connectivity index (χ0v) is 30.9. The van der Waals surface area contributed by atoms with Crippen LogP contribution in [0.5, 0.6) is 11.5 Å². The van der Waals surface area contributed by atoms with E-state index in [0.717, 1.165) is 18.4 Å². The topological polar surface area (TPSA) is 139 Å². The van der Waals surface area contributed by atoms with Crippen LogP contribution < -0.4 is 20.5 Å². The molecule has 47 heavy (non-hydrogen) atoms. The van der Waals surface area contributed by atoms with Gasteiger partial charge < -0.3 is 34.7 Å². The summed E-state index contributed by atoms with van der Waals surface area (Å²) in [5.74, 6) is 0.825. The number of hydrogen-bond donors (Lipinski definition) is 2. The Kier molecular flexibility index (Phi) is 18.8. The molecule has 2 rings (SSSR count). The van der Waals surface area contributed by atoms with Gasteiger partial charge in [0.2, 0.25) is 11.8 Å². The van der Waals surface area contributed by atoms with Crippen molar-refractivity contribution in [3.8, 4) is 11.5 Å². The lowest BCUT2D eigenvalue weighted by Gasteiger charge is -2.33. The molecule has 0 saturated carbocycles. The molecule has 11 heteroatoms. The molecule has 0 aromatic heterocycles. The second kappa shape index (κ2) is 21.0. The maximum atomic E-state index is 13.4. The smallest absolute Gasteiger partial charge is 0.411 e. The van der Waals surface area contributed by atoms with Crippen molar-refractivity contribution in [3.05, 3.63) is 23.8 Å². The molecule has 11 nitrogen and oxygen atoms in total. The summed E-state index contributed by atoms with van der Waals surface area (Å²) in [7, 11) is 3.29. The number of amides is 3. The van der Waals surface area contributed by atoms with E-state index in [-0.39, 0.29) is 55.7 Å². The average molecular weight is 666 g/mol. The molecule has 270 valence electrons. The third kappa shape index (κ3) is 13.2. The maximum Gasteiger partial charge on any atom is 0.411 e. The number of rotatable bonds is 19. The van der Waals surface area contributed by atoms with Crippen LogP contribution in [0.25, 0.3) is 0 Å². The van der Waals surface area contributed by atoms with Crippen molar-refractivity contribution in [1.29, 1.82) is 0 Å². The normalized spacial score (nSPS) is 17.5. The van der Waals surface area contributed by atoms with Gasteiger partial charge in [-0.2, -0.15) is 0 Å². The molecule has 1 aromatic rings. The van der Waals surface area contributed by atoms with Crippen LogP contribution >= 0.6 is 0 Å². The Bertz CT molecular complexity index is 1090. The van der Waals surface area contributed by atoms with Crippen molar-refractivity contribution in [2.75, 3.05) is 47.3 Å². The van der Waals surface area contributed by atoms with Crippen LogP contribution in [0.15, 0.2) is 18.2 Å². The Hall–Kier alpha value is -3.05. The van der Waals surface area contributed by atoms with E-state index in [1.54, 1.807) is 39.9 Å². The van der Waals surface area contributed by atoms with E-state index in [9.17, 15) is 14.4 Å². The lowest BCUT2D eigenvalue weighted by molar-refractivity contribution is -0.130. The number of carbonyl (C=O) groups is 3. The fourth-order valence-electron chi connectivity index (χ4n) is 5.49. The zero-order chi connectivity index (χ0) is 35.7. The minimum atomic E-state index is -0.870. The highest BCUT2D eigenvalue weighted by Crippen LogP contribution is 2.35. The number of methoxy groups -OCH3 is 2. The summed E-state index contributed by atoms with van der Waals surface area (Å²) in [6.45, 7) is 19.2. The Morgan fingerprint density at radius 1 is 1.04 bits per heavy atom. The molecule has 1 heterocycles. The first-order valence-electron chi connectivity index (χ1n) is 17.2. The van der Waals surface area contributed by atoms with E-state index in [2.05, 4.69) is 25.2 Å². The highest BCUT2D eigenvalue weighted by molar-refractivity contribution is 5.83. The van der Waals surface area contributed by atoms with Gasteiger partial charge in [0.15, 0.2) is 11.5 Å². The summed E-state index contributed by atoms with van der Waals surface area (Å²) in [6.07, 6.45) is 1.83. The molecular weight excluding hydrogens is 602 g/mol. The van der Waals surface area contributed by atoms with Crippen LogP contribution in [0.1, 0.15) is 87.1 Å². The van der Waals surface area contributed by atoms with Crippen LogP contribution in [0.2, 0.25) is 0 Å². The Labute approximate surface area is 283 Å². The minimum Gasteiger partial charge on any atom is -0.493 e. The van der Waals surface area contributed by atoms with Crippen LogP contribution in [-0.4, -0.2) is 82.3 Å². The lowest BCUT2D eigenvalue weighted by Crippen LogP contribution is -2.46. The molecule has 1 aromatic carbocycles. The number of nitrogens with two attached hydrogens (primary N) is 1. The molecular formula is C36H63N3O8. The van der Waals surface area contributed by atoms with Gasteiger partial charge in [-0.05, 0) is 75.5 Å². The molecule has 4 atom stereocenters. The van der Waals surface area contributed by atoms with Crippen LogP contribution in [0.3, 0.4) is 0 Å². The van der Waals surface area contributed by atoms with Gasteiger partial charge in [0.05, 0.1) is 37.9 Å². The summed E-state index contributed by atoms with van der Waals surface area (Å²) in [5.41, 5.74) is 5.75. The third-order valence-corrected chi connectivity index (χ3v) is 8.72. The Morgan fingerprint density at radius 2 is 1.72 bits per heavy atom. The van der Waals surface area contributed by atoms with E-state index in [4.69, 9.17) is 29.4 Å². The summed E-state index contributed by atoms with van der Waals surface area (Å²) >= 11 is 0. The van der Waals surface area contributed by atoms with E-state index >= 15 is 0 Å². The highest BCUT2D eigenvalue weighted by atomic mass is 16.6. The molecule has 0 aliphatic carbocycles. The standard InChI is InChI=1S/C34H57N3O8.C2H6/c1-10-43-33(40)37-21-45-29(19-26(23(4)5)31(38)36-20-34(6,7)32(35)39)27(37)18-25(22(2)3)16-24-12-13-28(42-9)30(17-24)44-15-11-14-41-8;1-2/h12-13,17,22-23,25-27,29H,10-11,14-16,18-21H2,1-9H3,(H2,35,39)(H,36,38);1-2H3/t25?,26?,27-,29-;/m0./s1. The van der Waals surface area contributed by atoms with Gasteiger partial charge in [-0.25, -0.2) is 4.79 Å². The van der Waals surface area contributed by atoms with Crippen molar-refractivity contribution in [1.82, 2.24) is 10.2 Å². The van der Waals surface area contributed by atoms with Crippen LogP contribution in [-0.2, 0) is 30.2 Å². The second-order valence-corrected chi connectivity index (χ2v) is 13.2. The van der Waals surface area contributed by atoms with Gasteiger partial charge in [-0.1, -0.05) is 47.6 Å². The lowest BCUT2D eigenvalue weighted by atomic mass is 9.80. The van der Waals surface area contributed by atoms with Gasteiger partial charge >= 0.3 is 6.09 Å². The summed E-state index contributed by atoms with van der Waals surface area (Å²) in [6, 6.07) is 5.72. The number of nitrogens with one attached hydrogen (secondary N) is 1. The largest absolute Gasteiger partial charge is 0.493 e. The van der Waals surface area contributed by atoms with Crippen LogP contribution in [0.4, 0.5) is 4.79 Å². The van der Waals surface area contributed by atoms with Crippen molar-refractivity contribution in [3.63, 3.8) is 0 Å². The molecule has 2 unspecified atom stereocenters. The Balaban J connectivity index is 0.00000541. The van der Waals surface area contributed by atoms with Crippen molar-refractivity contribution >= 4 is 17.9 Å². The number of carbonyl (C=O) groups excluding carboxylic acids is 3. The quantitative estimate of drug-likeness (QED) is 0.177. The van der Waals surface area contributed by atoms with E-state index in [1.807, 2.05) is 39.8 Å². The number of benzene rings is 1. The summed E-state index contributed by atoms with van der Waals surface area (Å²) in [5, 5.41) is 2.93. The zero-order valence-electron chi connectivity index (χ0n) is 30.9. The monoisotopic (exact) mass is 665 g/mol. The van der Waals surface area contributed by atoms with E-state index in [0.29, 0.717) is 43.5 Å². The van der Waals surface area contributed by atoms with Crippen molar-refractivity contribution in [2.24, 2.45) is 34.8 Å². The van der Waals surface area contributed by atoms with E-state index < -0.39 is 17.4 Å². The first-order valence-corrected chi connectivity index (χ1v) is 17.2. The van der Waals surface area contributed by atoms with Gasteiger partial charge in [0, 0.05) is 32.6 Å². The van der Waals surface area contributed by atoms with Gasteiger partial charge in [0.1, 0.15) is 6.73 Å². The molecule has 1 saturated heterocycles. The van der Waals surface area contributed by atoms with E-state index in [1.165, 1.54) is 0 Å². The molecule has 1 aliphatic heterocycles. The predicted molar refractivity (Wildman–Crippen MR) is 184 cm³/mol. The Morgan fingerprint density at radius 3 is 2.28 bits per heavy atom. The molecule has 0 radical (unpaired) electrons. The third-order valence-electron chi connectivity index (χ3n) is 8.72. The minimum absolute atomic E-state index is 0.00471. The number of hydrogen-bond acceptors (Lipinski definition) is 8. The average Bonchev–Trinajstić information content (AvgIpc) is 3.43. The van der Waals surface area contributed by atoms with Crippen molar-refractivity contribution in [2.45, 2.75) is 100 Å². The van der Waals surface area contributed by atoms with Gasteiger partial charge in [-0.3, -0.25) is 14.5 Å². The first-order chi connectivity index (χ1) is 22.2. The number of nitrogens with zero attached hydrogens (tertiary/aromatic N) is 1. The maximum absolute atomic E-state index is 13.4. The van der Waals surface area contributed by atoms with Crippen LogP contribution in [0, 0.1) is 29.1 Å². The number of ether oxygens (including phenoxy) is 5. The highest BCUT2D eigenvalue weighted by Gasteiger charge is 2.43. The van der Waals surface area contributed by atoms with Gasteiger partial charge in [0.25, 0.3) is 0 Å². The molecule has 1 aliphatic rings. The number of primary amides is 1. The SMILES string of the molecule is CC.CCOC(=O)N1CO[C@@H](CC(C(=O)NCC(C)(C)C(N)=O)C(C)C)[C@@H]1CC(Cc1ccc(OC)c(OCCCOC)c1)C(C)C. The van der Waals surface area contributed by atoms with Gasteiger partial charge in [-0.15, -0.1) is 0 Å². The fourth-order valence-corrected chi connectivity index (χ4v) is 5.49. The molecule has 3 N–H and O–H groups in total. The second-order valence-electron chi connectivity index (χ2n) is 13.2. The van der Waals surface area contributed by atoms with Crippen molar-refractivity contribution < 1.29 is 38.1 Å². The fraction of sp³-hybridized carbons (Fsp3) is 0.750. The molecule has 0 spiro atoms. The molecule has 0 bridgehead atoms. The predicted octanol–water partition coefficient (Wildman–Crippen LogP) is 5.81. The summed E-state index contributed by atoms with van der Waals surface area (Å²) < 4.78 is 28.3. The molecule has 1 fully saturated rings.